The SMILES string of the molecule is CCC(CC)COC(=O)[C@H](C)NP(=O)(Oc1ccccc1)Oc1ccc(N([O-])O)cc1. The molecule has 0 saturated heterocycles. The lowest BCUT2D eigenvalue weighted by Crippen LogP contribution is -2.36. The monoisotopic (exact) mass is 451 g/mol. The first-order valence-electron chi connectivity index (χ1n) is 10.0. The predicted molar refractivity (Wildman–Crippen MR) is 117 cm³/mol. The summed E-state index contributed by atoms with van der Waals surface area (Å²) in [5, 5.41) is 22.2. The third-order valence-corrected chi connectivity index (χ3v) is 6.18. The van der Waals surface area contributed by atoms with Gasteiger partial charge in [-0.3, -0.25) is 10.0 Å². The summed E-state index contributed by atoms with van der Waals surface area (Å²) >= 11 is 0. The number of ether oxygens (including phenoxy) is 1. The van der Waals surface area contributed by atoms with E-state index in [9.17, 15) is 14.6 Å². The molecular formula is C21H28N2O7P-. The van der Waals surface area contributed by atoms with E-state index in [1.807, 2.05) is 13.8 Å². The smallest absolute Gasteiger partial charge is 0.513 e. The van der Waals surface area contributed by atoms with E-state index in [1.165, 1.54) is 31.2 Å². The summed E-state index contributed by atoms with van der Waals surface area (Å²) in [6.07, 6.45) is 1.77. The molecule has 0 saturated carbocycles. The first-order chi connectivity index (χ1) is 14.8. The van der Waals surface area contributed by atoms with Crippen LogP contribution in [0.4, 0.5) is 5.69 Å². The molecule has 2 rings (SSSR count). The molecule has 0 heterocycles. The van der Waals surface area contributed by atoms with E-state index < -0.39 is 19.8 Å². The van der Waals surface area contributed by atoms with Gasteiger partial charge in [-0.1, -0.05) is 44.9 Å². The highest BCUT2D eigenvalue weighted by atomic mass is 31.2. The van der Waals surface area contributed by atoms with E-state index >= 15 is 0 Å². The van der Waals surface area contributed by atoms with E-state index in [0.29, 0.717) is 0 Å². The topological polar surface area (TPSA) is 120 Å². The molecule has 0 amide bonds. The van der Waals surface area contributed by atoms with Crippen LogP contribution in [0.15, 0.2) is 54.6 Å². The maximum atomic E-state index is 13.5. The molecular weight excluding hydrogens is 423 g/mol. The van der Waals surface area contributed by atoms with Crippen molar-refractivity contribution in [1.82, 2.24) is 5.09 Å². The molecule has 10 heteroatoms. The van der Waals surface area contributed by atoms with Crippen molar-refractivity contribution < 1.29 is 28.4 Å². The van der Waals surface area contributed by atoms with Gasteiger partial charge < -0.3 is 24.2 Å². The van der Waals surface area contributed by atoms with E-state index in [2.05, 4.69) is 5.09 Å². The zero-order valence-corrected chi connectivity index (χ0v) is 18.7. The minimum Gasteiger partial charge on any atom is -0.733 e. The van der Waals surface area contributed by atoms with Crippen LogP contribution in [0.5, 0.6) is 11.5 Å². The van der Waals surface area contributed by atoms with Gasteiger partial charge in [0.2, 0.25) is 0 Å². The van der Waals surface area contributed by atoms with E-state index in [-0.39, 0.29) is 34.9 Å². The molecule has 0 aliphatic carbocycles. The molecule has 0 bridgehead atoms. The number of esters is 1. The number of carbonyl (C=O) groups excluding carboxylic acids is 1. The molecule has 0 spiro atoms. The summed E-state index contributed by atoms with van der Waals surface area (Å²) in [6.45, 7) is 5.82. The Labute approximate surface area is 182 Å². The van der Waals surface area contributed by atoms with Crippen molar-refractivity contribution in [2.75, 3.05) is 11.8 Å². The molecule has 0 radical (unpaired) electrons. The lowest BCUT2D eigenvalue weighted by Gasteiger charge is -2.24. The van der Waals surface area contributed by atoms with Crippen LogP contribution < -0.4 is 19.4 Å². The summed E-state index contributed by atoms with van der Waals surface area (Å²) in [5.74, 6) is 0.0546. The van der Waals surface area contributed by atoms with Gasteiger partial charge in [0.15, 0.2) is 0 Å². The zero-order valence-electron chi connectivity index (χ0n) is 17.8. The summed E-state index contributed by atoms with van der Waals surface area (Å²) in [7, 11) is -4.08. The quantitative estimate of drug-likeness (QED) is 0.264. The number of para-hydroxylation sites is 1. The third kappa shape index (κ3) is 7.88. The second kappa shape index (κ2) is 11.7. The van der Waals surface area contributed by atoms with Crippen LogP contribution in [0.2, 0.25) is 0 Å². The summed E-state index contributed by atoms with van der Waals surface area (Å²) < 4.78 is 29.9. The maximum absolute atomic E-state index is 13.5. The highest BCUT2D eigenvalue weighted by Gasteiger charge is 2.34. The van der Waals surface area contributed by atoms with Crippen molar-refractivity contribution in [3.05, 3.63) is 59.8 Å². The van der Waals surface area contributed by atoms with E-state index in [4.69, 9.17) is 19.0 Å². The van der Waals surface area contributed by atoms with Crippen molar-refractivity contribution >= 4 is 19.4 Å². The lowest BCUT2D eigenvalue weighted by molar-refractivity contribution is -0.146. The van der Waals surface area contributed by atoms with Crippen molar-refractivity contribution in [1.29, 1.82) is 0 Å². The minimum atomic E-state index is -4.08. The van der Waals surface area contributed by atoms with Crippen LogP contribution in [0, 0.1) is 11.1 Å². The van der Waals surface area contributed by atoms with Crippen molar-refractivity contribution in [3.8, 4) is 11.5 Å². The summed E-state index contributed by atoms with van der Waals surface area (Å²) in [6, 6.07) is 12.6. The average molecular weight is 451 g/mol. The highest BCUT2D eigenvalue weighted by molar-refractivity contribution is 7.52. The molecule has 0 aromatic heterocycles. The molecule has 0 aliphatic heterocycles. The van der Waals surface area contributed by atoms with E-state index in [0.717, 1.165) is 12.8 Å². The predicted octanol–water partition coefficient (Wildman–Crippen LogP) is 4.90. The van der Waals surface area contributed by atoms with Gasteiger partial charge >= 0.3 is 13.7 Å². The van der Waals surface area contributed by atoms with Gasteiger partial charge in [0.05, 0.1) is 12.3 Å². The molecule has 1 unspecified atom stereocenters. The highest BCUT2D eigenvalue weighted by Crippen LogP contribution is 2.45. The fraction of sp³-hybridized carbons (Fsp3) is 0.381. The van der Waals surface area contributed by atoms with Crippen LogP contribution in [-0.4, -0.2) is 23.8 Å². The number of carbonyl (C=O) groups is 1. The van der Waals surface area contributed by atoms with Crippen molar-refractivity contribution in [2.24, 2.45) is 5.92 Å². The Morgan fingerprint density at radius 1 is 1.06 bits per heavy atom. The number of rotatable bonds is 12. The van der Waals surface area contributed by atoms with Gasteiger partial charge in [-0.15, -0.1) is 0 Å². The summed E-state index contributed by atoms with van der Waals surface area (Å²) in [4.78, 5) is 12.4. The Balaban J connectivity index is 2.15. The number of nitrogens with one attached hydrogen (secondary N) is 1. The Kier molecular flexibility index (Phi) is 9.33. The van der Waals surface area contributed by atoms with Gasteiger partial charge in [-0.05, 0) is 49.2 Å². The number of hydrogen-bond donors (Lipinski definition) is 2. The Bertz CT molecular complexity index is 858. The largest absolute Gasteiger partial charge is 0.733 e. The molecule has 2 atom stereocenters. The van der Waals surface area contributed by atoms with Crippen LogP contribution in [0.1, 0.15) is 33.6 Å². The van der Waals surface area contributed by atoms with Crippen LogP contribution in [0.3, 0.4) is 0 Å². The molecule has 0 fully saturated rings. The molecule has 9 nitrogen and oxygen atoms in total. The number of anilines is 1. The number of benzene rings is 2. The lowest BCUT2D eigenvalue weighted by atomic mass is 10.1. The van der Waals surface area contributed by atoms with E-state index in [1.54, 1.807) is 30.3 Å². The molecule has 2 aromatic rings. The normalized spacial score (nSPS) is 13.9. The number of hydrogen-bond acceptors (Lipinski definition) is 8. The second-order valence-corrected chi connectivity index (χ2v) is 8.54. The first kappa shape index (κ1) is 24.7. The Morgan fingerprint density at radius 3 is 2.13 bits per heavy atom. The van der Waals surface area contributed by atoms with Crippen molar-refractivity contribution in [2.45, 2.75) is 39.7 Å². The van der Waals surface area contributed by atoms with Gasteiger partial charge in [-0.25, -0.2) is 4.57 Å². The maximum Gasteiger partial charge on any atom is 0.513 e. The van der Waals surface area contributed by atoms with Crippen LogP contribution >= 0.6 is 7.75 Å². The first-order valence-corrected chi connectivity index (χ1v) is 11.6. The molecule has 2 aromatic carbocycles. The molecule has 0 aliphatic rings. The van der Waals surface area contributed by atoms with Gasteiger partial charge in [-0.2, -0.15) is 5.09 Å². The Morgan fingerprint density at radius 2 is 1.61 bits per heavy atom. The minimum absolute atomic E-state index is 0.0301. The summed E-state index contributed by atoms with van der Waals surface area (Å²) in [5.41, 5.74) is -0.0301. The van der Waals surface area contributed by atoms with Gasteiger partial charge in [0.1, 0.15) is 17.5 Å². The standard InChI is InChI=1S/C21H28N2O7P/c1-4-17(5-2)15-28-21(24)16(3)22-31(27,29-19-9-7-6-8-10-19)30-20-13-11-18(12-14-20)23(25)26/h6-14,16-17,25H,4-5,15H2,1-3H3,(H,22,27)/q-1/t16-,31?/m0/s1. The zero-order chi connectivity index (χ0) is 22.9. The number of nitrogens with zero attached hydrogens (tertiary/aromatic N) is 1. The fourth-order valence-electron chi connectivity index (χ4n) is 2.60. The van der Waals surface area contributed by atoms with Crippen molar-refractivity contribution in [3.63, 3.8) is 0 Å². The third-order valence-electron chi connectivity index (χ3n) is 4.57. The van der Waals surface area contributed by atoms with Gasteiger partial charge in [0.25, 0.3) is 0 Å². The fourth-order valence-corrected chi connectivity index (χ4v) is 4.12. The second-order valence-electron chi connectivity index (χ2n) is 6.92. The molecule has 31 heavy (non-hydrogen) atoms. The average Bonchev–Trinajstić information content (AvgIpc) is 2.75. The molecule has 170 valence electrons. The Hall–Kier alpha value is -2.58. The van der Waals surface area contributed by atoms with Gasteiger partial charge in [0, 0.05) is 0 Å². The van der Waals surface area contributed by atoms with Crippen LogP contribution in [0.25, 0.3) is 0 Å². The molecule has 2 N–H and O–H groups in total. The van der Waals surface area contributed by atoms with Crippen LogP contribution in [-0.2, 0) is 14.1 Å².